The van der Waals surface area contributed by atoms with E-state index in [1.54, 1.807) is 13.8 Å². The van der Waals surface area contributed by atoms with Crippen LogP contribution in [0.5, 0.6) is 0 Å². The van der Waals surface area contributed by atoms with Crippen LogP contribution in [0.15, 0.2) is 24.3 Å². The highest BCUT2D eigenvalue weighted by Crippen LogP contribution is 2.26. The molecule has 0 aliphatic rings. The van der Waals surface area contributed by atoms with Crippen molar-refractivity contribution in [2.45, 2.75) is 58.8 Å². The molecular formula is C17H24O2. The molecular weight excluding hydrogens is 236 g/mol. The summed E-state index contributed by atoms with van der Waals surface area (Å²) in [5.74, 6) is 0.614. The lowest BCUT2D eigenvalue weighted by Crippen LogP contribution is -2.05. The van der Waals surface area contributed by atoms with Crippen LogP contribution in [0.3, 0.4) is 0 Å². The average molecular weight is 260 g/mol. The first-order chi connectivity index (χ1) is 9.04. The maximum atomic E-state index is 11.4. The molecule has 0 saturated carbocycles. The SMILES string of the molecule is CCCCCC(CC(C)=O)c1ccc(C(C)=O)cc1. The van der Waals surface area contributed by atoms with Crippen molar-refractivity contribution >= 4 is 11.6 Å². The second-order valence-electron chi connectivity index (χ2n) is 5.28. The molecule has 19 heavy (non-hydrogen) atoms. The normalized spacial score (nSPS) is 12.2. The zero-order valence-electron chi connectivity index (χ0n) is 12.2. The van der Waals surface area contributed by atoms with Gasteiger partial charge in [0.1, 0.15) is 5.78 Å². The molecule has 0 saturated heterocycles. The fraction of sp³-hybridized carbons (Fsp3) is 0.529. The lowest BCUT2D eigenvalue weighted by atomic mass is 9.88. The lowest BCUT2D eigenvalue weighted by molar-refractivity contribution is -0.117. The smallest absolute Gasteiger partial charge is 0.159 e. The summed E-state index contributed by atoms with van der Waals surface area (Å²) >= 11 is 0. The Hall–Kier alpha value is -1.44. The summed E-state index contributed by atoms with van der Waals surface area (Å²) in [4.78, 5) is 22.6. The number of carbonyl (C=O) groups excluding carboxylic acids is 2. The van der Waals surface area contributed by atoms with Crippen LogP contribution in [0.25, 0.3) is 0 Å². The first-order valence-corrected chi connectivity index (χ1v) is 7.15. The Morgan fingerprint density at radius 2 is 1.68 bits per heavy atom. The number of ketones is 2. The van der Waals surface area contributed by atoms with Crippen LogP contribution in [-0.2, 0) is 4.79 Å². The van der Waals surface area contributed by atoms with E-state index >= 15 is 0 Å². The van der Waals surface area contributed by atoms with E-state index < -0.39 is 0 Å². The molecule has 2 heteroatoms. The van der Waals surface area contributed by atoms with Gasteiger partial charge in [0.2, 0.25) is 0 Å². The predicted octanol–water partition coefficient (Wildman–Crippen LogP) is 4.53. The highest BCUT2D eigenvalue weighted by molar-refractivity contribution is 5.94. The molecule has 0 N–H and O–H groups in total. The van der Waals surface area contributed by atoms with Crippen molar-refractivity contribution in [2.75, 3.05) is 0 Å². The van der Waals surface area contributed by atoms with Crippen molar-refractivity contribution in [3.63, 3.8) is 0 Å². The Morgan fingerprint density at radius 3 is 2.16 bits per heavy atom. The molecule has 0 heterocycles. The monoisotopic (exact) mass is 260 g/mol. The summed E-state index contributed by atoms with van der Waals surface area (Å²) in [6.45, 7) is 5.40. The van der Waals surface area contributed by atoms with E-state index in [2.05, 4.69) is 6.92 Å². The van der Waals surface area contributed by atoms with Crippen molar-refractivity contribution in [2.24, 2.45) is 0 Å². The van der Waals surface area contributed by atoms with E-state index in [-0.39, 0.29) is 11.6 Å². The molecule has 0 fully saturated rings. The second-order valence-corrected chi connectivity index (χ2v) is 5.28. The van der Waals surface area contributed by atoms with Crippen LogP contribution in [0.4, 0.5) is 0 Å². The average Bonchev–Trinajstić information content (AvgIpc) is 2.37. The minimum atomic E-state index is 0.0839. The van der Waals surface area contributed by atoms with Gasteiger partial charge in [-0.3, -0.25) is 4.79 Å². The molecule has 1 atom stereocenters. The van der Waals surface area contributed by atoms with Crippen LogP contribution in [-0.4, -0.2) is 11.6 Å². The molecule has 0 spiro atoms. The zero-order valence-corrected chi connectivity index (χ0v) is 12.2. The summed E-state index contributed by atoms with van der Waals surface area (Å²) in [5, 5.41) is 0. The summed E-state index contributed by atoms with van der Waals surface area (Å²) < 4.78 is 0. The molecule has 1 rings (SSSR count). The summed E-state index contributed by atoms with van der Waals surface area (Å²) in [5.41, 5.74) is 1.91. The third kappa shape index (κ3) is 5.37. The van der Waals surface area contributed by atoms with Crippen molar-refractivity contribution < 1.29 is 9.59 Å². The van der Waals surface area contributed by atoms with Crippen molar-refractivity contribution in [1.82, 2.24) is 0 Å². The Bertz CT molecular complexity index is 417. The van der Waals surface area contributed by atoms with Gasteiger partial charge >= 0.3 is 0 Å². The fourth-order valence-corrected chi connectivity index (χ4v) is 2.36. The molecule has 1 unspecified atom stereocenters. The van der Waals surface area contributed by atoms with Crippen LogP contribution < -0.4 is 0 Å². The Labute approximate surface area is 116 Å². The van der Waals surface area contributed by atoms with Crippen molar-refractivity contribution in [3.05, 3.63) is 35.4 Å². The number of benzene rings is 1. The quantitative estimate of drug-likeness (QED) is 0.508. The maximum Gasteiger partial charge on any atom is 0.159 e. The number of unbranched alkanes of at least 4 members (excludes halogenated alkanes) is 2. The van der Waals surface area contributed by atoms with Gasteiger partial charge in [-0.1, -0.05) is 50.5 Å². The van der Waals surface area contributed by atoms with E-state index in [9.17, 15) is 9.59 Å². The zero-order chi connectivity index (χ0) is 14.3. The highest BCUT2D eigenvalue weighted by Gasteiger charge is 2.14. The van der Waals surface area contributed by atoms with Crippen LogP contribution in [0.1, 0.15) is 74.7 Å². The van der Waals surface area contributed by atoms with Gasteiger partial charge in [-0.05, 0) is 31.7 Å². The molecule has 2 nitrogen and oxygen atoms in total. The molecule has 0 aliphatic carbocycles. The van der Waals surface area contributed by atoms with Crippen LogP contribution in [0, 0.1) is 0 Å². The molecule has 0 radical (unpaired) electrons. The fourth-order valence-electron chi connectivity index (χ4n) is 2.36. The van der Waals surface area contributed by atoms with Gasteiger partial charge < -0.3 is 4.79 Å². The number of rotatable bonds is 8. The standard InChI is InChI=1S/C17H24O2/c1-4-5-6-7-17(12-13(2)18)16-10-8-15(9-11-16)14(3)19/h8-11,17H,4-7,12H2,1-3H3. The second kappa shape index (κ2) is 7.88. The lowest BCUT2D eigenvalue weighted by Gasteiger charge is -2.16. The van der Waals surface area contributed by atoms with Crippen molar-refractivity contribution in [1.29, 1.82) is 0 Å². The number of hydrogen-bond donors (Lipinski definition) is 0. The molecule has 0 bridgehead atoms. The summed E-state index contributed by atoms with van der Waals surface area (Å²) in [7, 11) is 0. The largest absolute Gasteiger partial charge is 0.300 e. The topological polar surface area (TPSA) is 34.1 Å². The van der Waals surface area contributed by atoms with Gasteiger partial charge in [-0.25, -0.2) is 0 Å². The number of hydrogen-bond acceptors (Lipinski definition) is 2. The van der Waals surface area contributed by atoms with Gasteiger partial charge in [-0.2, -0.15) is 0 Å². The third-order valence-electron chi connectivity index (χ3n) is 3.48. The molecule has 0 amide bonds. The van der Waals surface area contributed by atoms with Gasteiger partial charge in [-0.15, -0.1) is 0 Å². The first kappa shape index (κ1) is 15.6. The van der Waals surface area contributed by atoms with Crippen molar-refractivity contribution in [3.8, 4) is 0 Å². The minimum Gasteiger partial charge on any atom is -0.300 e. The summed E-state index contributed by atoms with van der Waals surface area (Å²) in [6, 6.07) is 7.72. The van der Waals surface area contributed by atoms with E-state index in [1.165, 1.54) is 18.4 Å². The molecule has 1 aromatic rings. The van der Waals surface area contributed by atoms with Crippen LogP contribution in [0.2, 0.25) is 0 Å². The summed E-state index contributed by atoms with van der Waals surface area (Å²) in [6.07, 6.45) is 5.20. The predicted molar refractivity (Wildman–Crippen MR) is 78.6 cm³/mol. The van der Waals surface area contributed by atoms with E-state index in [0.29, 0.717) is 12.3 Å². The number of Topliss-reactive ketones (excluding diaryl/α,β-unsaturated/α-hetero) is 2. The Kier molecular flexibility index (Phi) is 6.48. The van der Waals surface area contributed by atoms with Gasteiger partial charge in [0.25, 0.3) is 0 Å². The van der Waals surface area contributed by atoms with E-state index in [1.807, 2.05) is 24.3 Å². The van der Waals surface area contributed by atoms with Gasteiger partial charge in [0.15, 0.2) is 5.78 Å². The Balaban J connectivity index is 2.77. The van der Waals surface area contributed by atoms with E-state index in [4.69, 9.17) is 0 Å². The number of carbonyl (C=O) groups is 2. The first-order valence-electron chi connectivity index (χ1n) is 7.15. The Morgan fingerprint density at radius 1 is 1.05 bits per heavy atom. The van der Waals surface area contributed by atoms with Gasteiger partial charge in [0, 0.05) is 12.0 Å². The minimum absolute atomic E-state index is 0.0839. The molecule has 1 aromatic carbocycles. The molecule has 0 aliphatic heterocycles. The van der Waals surface area contributed by atoms with E-state index in [0.717, 1.165) is 18.4 Å². The van der Waals surface area contributed by atoms with Gasteiger partial charge in [0.05, 0.1) is 0 Å². The third-order valence-corrected chi connectivity index (χ3v) is 3.48. The van der Waals surface area contributed by atoms with Crippen LogP contribution >= 0.6 is 0 Å². The molecule has 104 valence electrons. The maximum absolute atomic E-state index is 11.4. The molecule has 0 aromatic heterocycles. The highest BCUT2D eigenvalue weighted by atomic mass is 16.1.